The van der Waals surface area contributed by atoms with Crippen LogP contribution < -0.4 is 5.56 Å². The molecule has 26 heavy (non-hydrogen) atoms. The quantitative estimate of drug-likeness (QED) is 0.672. The molecule has 2 heterocycles. The number of hydrogen-bond donors (Lipinski definition) is 0. The molecule has 0 aliphatic carbocycles. The van der Waals surface area contributed by atoms with Crippen LogP contribution in [0.4, 0.5) is 0 Å². The molecule has 1 aromatic carbocycles. The van der Waals surface area contributed by atoms with Gasteiger partial charge in [0.15, 0.2) is 0 Å². The van der Waals surface area contributed by atoms with Crippen molar-refractivity contribution in [2.45, 2.75) is 46.4 Å². The van der Waals surface area contributed by atoms with E-state index in [1.165, 1.54) is 0 Å². The second kappa shape index (κ2) is 6.74. The highest BCUT2D eigenvalue weighted by Crippen LogP contribution is 2.20. The molecule has 3 rings (SSSR count). The molecule has 7 nitrogen and oxygen atoms in total. The summed E-state index contributed by atoms with van der Waals surface area (Å²) in [5.74, 6) is -0.510. The minimum atomic E-state index is -0.510. The van der Waals surface area contributed by atoms with Crippen molar-refractivity contribution >= 4 is 16.9 Å². The average molecular weight is 354 g/mol. The number of aromatic nitrogens is 4. The number of hydrogen-bond acceptors (Lipinski definition) is 5. The molecule has 136 valence electrons. The maximum Gasteiger partial charge on any atom is 0.328 e. The third-order valence-corrected chi connectivity index (χ3v) is 4.02. The van der Waals surface area contributed by atoms with E-state index in [1.807, 2.05) is 51.1 Å². The summed E-state index contributed by atoms with van der Waals surface area (Å²) >= 11 is 0. The summed E-state index contributed by atoms with van der Waals surface area (Å²) in [6.07, 6.45) is 1.64. The molecule has 0 atom stereocenters. The van der Waals surface area contributed by atoms with Gasteiger partial charge in [-0.3, -0.25) is 14.3 Å². The molecular weight excluding hydrogens is 332 g/mol. The average Bonchev–Trinajstić information content (AvgIpc) is 3.05. The van der Waals surface area contributed by atoms with Gasteiger partial charge in [0.2, 0.25) is 0 Å². The van der Waals surface area contributed by atoms with Crippen LogP contribution in [-0.4, -0.2) is 25.5 Å². The molecular formula is C19H22N4O3. The number of rotatable bonds is 4. The lowest BCUT2D eigenvalue weighted by Crippen LogP contribution is -2.32. The third-order valence-electron chi connectivity index (χ3n) is 4.02. The Labute approximate surface area is 151 Å². The van der Waals surface area contributed by atoms with E-state index < -0.39 is 5.97 Å². The van der Waals surface area contributed by atoms with Crippen LogP contribution in [0.1, 0.15) is 32.0 Å². The number of ether oxygens (including phenoxy) is 1. The van der Waals surface area contributed by atoms with E-state index in [-0.39, 0.29) is 24.2 Å². The summed E-state index contributed by atoms with van der Waals surface area (Å²) in [6.45, 7) is 7.61. The van der Waals surface area contributed by atoms with Gasteiger partial charge in [0, 0.05) is 5.39 Å². The molecule has 0 saturated heterocycles. The molecule has 2 aromatic heterocycles. The molecule has 0 unspecified atom stereocenters. The molecule has 0 saturated carbocycles. The Morgan fingerprint density at radius 1 is 1.19 bits per heavy atom. The minimum absolute atomic E-state index is 0.162. The molecule has 0 aliphatic rings. The largest absolute Gasteiger partial charge is 0.459 e. The first kappa shape index (κ1) is 17.8. The van der Waals surface area contributed by atoms with E-state index in [2.05, 4.69) is 10.2 Å². The zero-order chi connectivity index (χ0) is 18.9. The number of fused-ring (bicyclic) bond motifs is 1. The first-order chi connectivity index (χ1) is 12.3. The Morgan fingerprint density at radius 2 is 1.88 bits per heavy atom. The van der Waals surface area contributed by atoms with Gasteiger partial charge in [-0.25, -0.2) is 4.68 Å². The van der Waals surface area contributed by atoms with Gasteiger partial charge in [-0.2, -0.15) is 10.2 Å². The topological polar surface area (TPSA) is 79.0 Å². The lowest BCUT2D eigenvalue weighted by Gasteiger charge is -2.20. The van der Waals surface area contributed by atoms with E-state index in [9.17, 15) is 9.59 Å². The molecule has 0 fully saturated rings. The van der Waals surface area contributed by atoms with Crippen molar-refractivity contribution in [2.24, 2.45) is 0 Å². The zero-order valence-corrected chi connectivity index (χ0v) is 15.4. The van der Waals surface area contributed by atoms with Crippen molar-refractivity contribution in [2.75, 3.05) is 0 Å². The number of benzene rings is 1. The third kappa shape index (κ3) is 3.51. The van der Waals surface area contributed by atoms with Crippen LogP contribution in [0.15, 0.2) is 41.3 Å². The molecule has 0 N–H and O–H groups in total. The molecule has 3 aromatic rings. The highest BCUT2D eigenvalue weighted by molar-refractivity contribution is 5.80. The van der Waals surface area contributed by atoms with Crippen molar-refractivity contribution in [3.8, 4) is 0 Å². The summed E-state index contributed by atoms with van der Waals surface area (Å²) in [4.78, 5) is 25.0. The molecule has 0 radical (unpaired) electrons. The Bertz CT molecular complexity index is 997. The summed E-state index contributed by atoms with van der Waals surface area (Å²) < 4.78 is 8.08. The number of aryl methyl sites for hydroxylation is 1. The van der Waals surface area contributed by atoms with Gasteiger partial charge < -0.3 is 4.74 Å². The fraction of sp³-hybridized carbons (Fsp3) is 0.368. The fourth-order valence-electron chi connectivity index (χ4n) is 2.74. The monoisotopic (exact) mass is 354 g/mol. The van der Waals surface area contributed by atoms with Crippen LogP contribution >= 0.6 is 0 Å². The zero-order valence-electron chi connectivity index (χ0n) is 15.4. The lowest BCUT2D eigenvalue weighted by molar-refractivity contribution is -0.146. The van der Waals surface area contributed by atoms with E-state index in [0.29, 0.717) is 16.6 Å². The first-order valence-corrected chi connectivity index (χ1v) is 8.43. The van der Waals surface area contributed by atoms with Gasteiger partial charge in [0.25, 0.3) is 5.56 Å². The van der Waals surface area contributed by atoms with Crippen LogP contribution in [0.3, 0.4) is 0 Å². The first-order valence-electron chi connectivity index (χ1n) is 8.43. The summed E-state index contributed by atoms with van der Waals surface area (Å²) in [6, 6.07) is 9.39. The van der Waals surface area contributed by atoms with E-state index >= 15 is 0 Å². The summed E-state index contributed by atoms with van der Waals surface area (Å²) in [7, 11) is 0. The van der Waals surface area contributed by atoms with Crippen molar-refractivity contribution in [3.63, 3.8) is 0 Å². The highest BCUT2D eigenvalue weighted by atomic mass is 16.5. The summed E-state index contributed by atoms with van der Waals surface area (Å²) in [5, 5.41) is 9.27. The van der Waals surface area contributed by atoms with Crippen LogP contribution in [0.25, 0.3) is 10.9 Å². The second-order valence-corrected chi connectivity index (χ2v) is 7.18. The lowest BCUT2D eigenvalue weighted by atomic mass is 10.1. The smallest absolute Gasteiger partial charge is 0.328 e. The molecule has 0 bridgehead atoms. The van der Waals surface area contributed by atoms with E-state index in [4.69, 9.17) is 4.74 Å². The van der Waals surface area contributed by atoms with Crippen molar-refractivity contribution in [1.29, 1.82) is 0 Å². The molecule has 0 amide bonds. The maximum absolute atomic E-state index is 12.9. The van der Waals surface area contributed by atoms with Gasteiger partial charge >= 0.3 is 5.97 Å². The van der Waals surface area contributed by atoms with E-state index in [0.717, 1.165) is 10.2 Å². The second-order valence-electron chi connectivity index (χ2n) is 7.18. The molecule has 0 spiro atoms. The predicted octanol–water partition coefficient (Wildman–Crippen LogP) is 2.40. The van der Waals surface area contributed by atoms with E-state index in [1.54, 1.807) is 17.8 Å². The highest BCUT2D eigenvalue weighted by Gasteiger charge is 2.22. The SMILES string of the molecule is Cc1nn(CC(=O)OCc2ccccc2)c(=O)c2c1cnn2C(C)(C)C. The number of esters is 1. The predicted molar refractivity (Wildman–Crippen MR) is 97.8 cm³/mol. The maximum atomic E-state index is 12.9. The van der Waals surface area contributed by atoms with Crippen molar-refractivity contribution in [3.05, 3.63) is 58.1 Å². The molecule has 7 heteroatoms. The van der Waals surface area contributed by atoms with Gasteiger partial charge in [0.1, 0.15) is 18.7 Å². The van der Waals surface area contributed by atoms with Gasteiger partial charge in [-0.15, -0.1) is 0 Å². The van der Waals surface area contributed by atoms with Crippen LogP contribution in [0.5, 0.6) is 0 Å². The molecule has 0 aliphatic heterocycles. The van der Waals surface area contributed by atoms with Gasteiger partial charge in [0.05, 0.1) is 17.4 Å². The Kier molecular flexibility index (Phi) is 4.63. The number of carbonyl (C=O) groups excluding carboxylic acids is 1. The normalized spacial score (nSPS) is 11.7. The number of nitrogens with zero attached hydrogens (tertiary/aromatic N) is 4. The van der Waals surface area contributed by atoms with Crippen LogP contribution in [0.2, 0.25) is 0 Å². The van der Waals surface area contributed by atoms with Gasteiger partial charge in [-0.1, -0.05) is 30.3 Å². The van der Waals surface area contributed by atoms with Crippen molar-refractivity contribution in [1.82, 2.24) is 19.6 Å². The Balaban J connectivity index is 1.87. The summed E-state index contributed by atoms with van der Waals surface area (Å²) in [5.41, 5.74) is 1.26. The van der Waals surface area contributed by atoms with Crippen LogP contribution in [0, 0.1) is 6.92 Å². The fourth-order valence-corrected chi connectivity index (χ4v) is 2.74. The Morgan fingerprint density at radius 3 is 2.54 bits per heavy atom. The van der Waals surface area contributed by atoms with Crippen molar-refractivity contribution < 1.29 is 9.53 Å². The standard InChI is InChI=1S/C19H22N4O3/c1-13-15-10-20-23(19(2,3)4)17(15)18(25)22(21-13)11-16(24)26-12-14-8-6-5-7-9-14/h5-10H,11-12H2,1-4H3. The van der Waals surface area contributed by atoms with Gasteiger partial charge in [-0.05, 0) is 33.3 Å². The van der Waals surface area contributed by atoms with Crippen LogP contribution in [-0.2, 0) is 28.2 Å². The number of carbonyl (C=O) groups is 1. The Hall–Kier alpha value is -2.96. The minimum Gasteiger partial charge on any atom is -0.459 e.